The largest absolute Gasteiger partial charge is 0.392 e. The number of thiazole rings is 1. The van der Waals surface area contributed by atoms with E-state index in [1.807, 2.05) is 6.07 Å². The molecule has 2 heterocycles. The average molecular weight is 330 g/mol. The van der Waals surface area contributed by atoms with Crippen molar-refractivity contribution in [3.63, 3.8) is 0 Å². The van der Waals surface area contributed by atoms with Crippen molar-refractivity contribution in [1.82, 2.24) is 9.88 Å². The first kappa shape index (κ1) is 16.2. The summed E-state index contributed by atoms with van der Waals surface area (Å²) in [7, 11) is 0. The fourth-order valence-corrected chi connectivity index (χ4v) is 3.42. The molecule has 1 aliphatic rings. The molecule has 0 saturated carbocycles. The smallest absolute Gasteiger partial charge is 0.180 e. The van der Waals surface area contributed by atoms with Crippen molar-refractivity contribution in [3.05, 3.63) is 46.7 Å². The van der Waals surface area contributed by atoms with Crippen molar-refractivity contribution in [1.29, 1.82) is 0 Å². The van der Waals surface area contributed by atoms with Crippen LogP contribution in [0.25, 0.3) is 0 Å². The minimum Gasteiger partial charge on any atom is -0.392 e. The molecule has 0 aliphatic carbocycles. The first-order valence-electron chi connectivity index (χ1n) is 6.49. The number of hydrogen-bond acceptors (Lipinski definition) is 5. The number of nitrogens with two attached hydrogens (primary N) is 1. The van der Waals surface area contributed by atoms with E-state index in [9.17, 15) is 9.50 Å². The zero-order valence-corrected chi connectivity index (χ0v) is 12.9. The lowest BCUT2D eigenvalue weighted by Gasteiger charge is -2.23. The highest BCUT2D eigenvalue weighted by atomic mass is 35.5. The van der Waals surface area contributed by atoms with Crippen LogP contribution in [-0.4, -0.2) is 27.6 Å². The van der Waals surface area contributed by atoms with E-state index in [0.29, 0.717) is 24.6 Å². The fourth-order valence-electron chi connectivity index (χ4n) is 2.71. The normalized spacial score (nSPS) is 22.2. The predicted octanol–water partition coefficient (Wildman–Crippen LogP) is 2.59. The molecule has 0 spiro atoms. The summed E-state index contributed by atoms with van der Waals surface area (Å²) in [6.07, 6.45) is 2.00. The summed E-state index contributed by atoms with van der Waals surface area (Å²) in [5.74, 6) is -0.245. The SMILES string of the molecule is Cl.Nc1ncc(CN2CC(O)CC2c2cccc(F)c2)s1. The Morgan fingerprint density at radius 2 is 2.29 bits per heavy atom. The van der Waals surface area contributed by atoms with Crippen LogP contribution in [0.4, 0.5) is 9.52 Å². The van der Waals surface area contributed by atoms with E-state index in [1.54, 1.807) is 12.3 Å². The Morgan fingerprint density at radius 3 is 2.95 bits per heavy atom. The number of anilines is 1. The molecule has 2 aromatic rings. The van der Waals surface area contributed by atoms with Crippen LogP contribution in [0.15, 0.2) is 30.5 Å². The van der Waals surface area contributed by atoms with Gasteiger partial charge in [0.05, 0.1) is 6.10 Å². The molecule has 1 fully saturated rings. The number of hydrogen-bond donors (Lipinski definition) is 2. The molecule has 2 unspecified atom stereocenters. The number of aliphatic hydroxyl groups is 1. The highest BCUT2D eigenvalue weighted by Gasteiger charge is 2.32. The van der Waals surface area contributed by atoms with Gasteiger partial charge in [-0.05, 0) is 24.1 Å². The molecule has 0 bridgehead atoms. The molecular weight excluding hydrogens is 313 g/mol. The first-order valence-corrected chi connectivity index (χ1v) is 7.31. The number of likely N-dealkylation sites (tertiary alicyclic amines) is 1. The molecule has 1 saturated heterocycles. The van der Waals surface area contributed by atoms with E-state index in [1.165, 1.54) is 23.5 Å². The monoisotopic (exact) mass is 329 g/mol. The van der Waals surface area contributed by atoms with Crippen LogP contribution in [0.1, 0.15) is 22.9 Å². The van der Waals surface area contributed by atoms with Gasteiger partial charge in [0.25, 0.3) is 0 Å². The number of aliphatic hydroxyl groups excluding tert-OH is 1. The van der Waals surface area contributed by atoms with Gasteiger partial charge in [0.2, 0.25) is 0 Å². The lowest BCUT2D eigenvalue weighted by molar-refractivity contribution is 0.173. The first-order chi connectivity index (χ1) is 9.61. The van der Waals surface area contributed by atoms with Crippen LogP contribution in [0.2, 0.25) is 0 Å². The topological polar surface area (TPSA) is 62.4 Å². The maximum Gasteiger partial charge on any atom is 0.180 e. The summed E-state index contributed by atoms with van der Waals surface area (Å²) in [6.45, 7) is 1.26. The molecule has 114 valence electrons. The molecule has 0 amide bonds. The number of β-amino-alcohol motifs (C(OH)–C–C–N with tert-alkyl or cyclic N) is 1. The van der Waals surface area contributed by atoms with E-state index in [0.717, 1.165) is 10.4 Å². The van der Waals surface area contributed by atoms with Gasteiger partial charge in [0.1, 0.15) is 5.82 Å². The van der Waals surface area contributed by atoms with E-state index < -0.39 is 0 Å². The zero-order valence-electron chi connectivity index (χ0n) is 11.3. The van der Waals surface area contributed by atoms with Crippen LogP contribution >= 0.6 is 23.7 Å². The molecule has 1 aromatic carbocycles. The summed E-state index contributed by atoms with van der Waals surface area (Å²) >= 11 is 1.45. The Labute approximate surface area is 132 Å². The van der Waals surface area contributed by atoms with Crippen molar-refractivity contribution in [2.75, 3.05) is 12.3 Å². The Kier molecular flexibility index (Phi) is 5.16. The quantitative estimate of drug-likeness (QED) is 0.908. The molecule has 2 atom stereocenters. The average Bonchev–Trinajstić information content (AvgIpc) is 2.96. The number of aromatic nitrogens is 1. The van der Waals surface area contributed by atoms with E-state index in [4.69, 9.17) is 5.73 Å². The number of rotatable bonds is 3. The molecule has 4 nitrogen and oxygen atoms in total. The van der Waals surface area contributed by atoms with Gasteiger partial charge in [-0.3, -0.25) is 4.90 Å². The van der Waals surface area contributed by atoms with Crippen molar-refractivity contribution in [2.24, 2.45) is 0 Å². The molecule has 21 heavy (non-hydrogen) atoms. The summed E-state index contributed by atoms with van der Waals surface area (Å²) in [4.78, 5) is 7.24. The minimum atomic E-state index is -0.381. The Bertz CT molecular complexity index is 609. The van der Waals surface area contributed by atoms with Crippen LogP contribution in [-0.2, 0) is 6.54 Å². The third-order valence-electron chi connectivity index (χ3n) is 3.55. The molecule has 7 heteroatoms. The van der Waals surface area contributed by atoms with Crippen molar-refractivity contribution >= 4 is 28.9 Å². The van der Waals surface area contributed by atoms with Gasteiger partial charge in [-0.1, -0.05) is 12.1 Å². The van der Waals surface area contributed by atoms with E-state index in [2.05, 4.69) is 9.88 Å². The summed E-state index contributed by atoms with van der Waals surface area (Å²) in [5.41, 5.74) is 6.54. The van der Waals surface area contributed by atoms with Crippen molar-refractivity contribution in [2.45, 2.75) is 25.1 Å². The molecule has 1 aromatic heterocycles. The number of nitrogen functional groups attached to an aromatic ring is 1. The third-order valence-corrected chi connectivity index (χ3v) is 4.36. The second-order valence-corrected chi connectivity index (χ2v) is 6.20. The van der Waals surface area contributed by atoms with E-state index in [-0.39, 0.29) is 30.4 Å². The van der Waals surface area contributed by atoms with Gasteiger partial charge in [-0.25, -0.2) is 9.37 Å². The Hall–Kier alpha value is -1.21. The molecule has 1 aliphatic heterocycles. The highest BCUT2D eigenvalue weighted by molar-refractivity contribution is 7.15. The Morgan fingerprint density at radius 1 is 1.48 bits per heavy atom. The number of nitrogens with zero attached hydrogens (tertiary/aromatic N) is 2. The maximum atomic E-state index is 13.4. The maximum absolute atomic E-state index is 13.4. The van der Waals surface area contributed by atoms with Gasteiger partial charge in [0, 0.05) is 30.2 Å². The second kappa shape index (κ2) is 6.70. The summed E-state index contributed by atoms with van der Waals surface area (Å²) in [5, 5.41) is 10.5. The van der Waals surface area contributed by atoms with Gasteiger partial charge in [-0.2, -0.15) is 0 Å². The van der Waals surface area contributed by atoms with Crippen molar-refractivity contribution < 1.29 is 9.50 Å². The lowest BCUT2D eigenvalue weighted by Crippen LogP contribution is -2.23. The standard InChI is InChI=1S/C14H16FN3OS.ClH/c15-10-3-1-2-9(4-10)13-5-11(19)7-18(13)8-12-6-17-14(16)20-12;/h1-4,6,11,13,19H,5,7-8H2,(H2,16,17);1H. The fraction of sp³-hybridized carbons (Fsp3) is 0.357. The lowest BCUT2D eigenvalue weighted by atomic mass is 10.0. The minimum absolute atomic E-state index is 0. The number of halogens is 2. The van der Waals surface area contributed by atoms with Crippen LogP contribution < -0.4 is 5.73 Å². The van der Waals surface area contributed by atoms with Crippen LogP contribution in [0.5, 0.6) is 0 Å². The molecule has 3 rings (SSSR count). The molecule has 3 N–H and O–H groups in total. The zero-order chi connectivity index (χ0) is 14.1. The summed E-state index contributed by atoms with van der Waals surface area (Å²) < 4.78 is 13.4. The Balaban J connectivity index is 0.00000161. The van der Waals surface area contributed by atoms with Gasteiger partial charge in [0.15, 0.2) is 5.13 Å². The molecular formula is C14H17ClFN3OS. The van der Waals surface area contributed by atoms with Crippen LogP contribution in [0.3, 0.4) is 0 Å². The van der Waals surface area contributed by atoms with E-state index >= 15 is 0 Å². The third kappa shape index (κ3) is 3.71. The van der Waals surface area contributed by atoms with Gasteiger partial charge in [-0.15, -0.1) is 23.7 Å². The predicted molar refractivity (Wildman–Crippen MR) is 83.9 cm³/mol. The molecule has 0 radical (unpaired) electrons. The van der Waals surface area contributed by atoms with Crippen LogP contribution in [0, 0.1) is 5.82 Å². The van der Waals surface area contributed by atoms with Crippen molar-refractivity contribution in [3.8, 4) is 0 Å². The number of benzene rings is 1. The summed E-state index contributed by atoms with van der Waals surface area (Å²) in [6, 6.07) is 6.61. The second-order valence-electron chi connectivity index (χ2n) is 5.05. The van der Waals surface area contributed by atoms with Gasteiger partial charge >= 0.3 is 0 Å². The highest BCUT2D eigenvalue weighted by Crippen LogP contribution is 2.34. The van der Waals surface area contributed by atoms with Gasteiger partial charge < -0.3 is 10.8 Å².